The predicted octanol–water partition coefficient (Wildman–Crippen LogP) is 2.10. The molecule has 0 saturated carbocycles. The van der Waals surface area contributed by atoms with Crippen molar-refractivity contribution in [3.8, 4) is 5.82 Å². The molecule has 6 nitrogen and oxygen atoms in total. The fourth-order valence-corrected chi connectivity index (χ4v) is 1.95. The SMILES string of the molecule is CCn1ccc(CNc2ccc(-n3cncn3)nc2)c1. The molecule has 0 unspecified atom stereocenters. The van der Waals surface area contributed by atoms with Crippen molar-refractivity contribution in [2.75, 3.05) is 5.32 Å². The average Bonchev–Trinajstić information content (AvgIpc) is 3.17. The minimum Gasteiger partial charge on any atom is -0.380 e. The van der Waals surface area contributed by atoms with Crippen molar-refractivity contribution in [1.29, 1.82) is 0 Å². The van der Waals surface area contributed by atoms with Gasteiger partial charge in [0.15, 0.2) is 5.82 Å². The lowest BCUT2D eigenvalue weighted by atomic mass is 10.3. The van der Waals surface area contributed by atoms with Crippen LogP contribution in [0.3, 0.4) is 0 Å². The van der Waals surface area contributed by atoms with E-state index in [-0.39, 0.29) is 0 Å². The third-order valence-corrected chi connectivity index (χ3v) is 3.07. The average molecular weight is 268 g/mol. The number of aromatic nitrogens is 5. The maximum absolute atomic E-state index is 4.35. The molecule has 0 aromatic carbocycles. The minimum atomic E-state index is 0.755. The van der Waals surface area contributed by atoms with Crippen molar-refractivity contribution in [2.24, 2.45) is 0 Å². The molecule has 0 saturated heterocycles. The van der Waals surface area contributed by atoms with Crippen LogP contribution in [-0.2, 0) is 13.1 Å². The third kappa shape index (κ3) is 2.69. The summed E-state index contributed by atoms with van der Waals surface area (Å²) in [4.78, 5) is 8.25. The van der Waals surface area contributed by atoms with E-state index < -0.39 is 0 Å². The van der Waals surface area contributed by atoms with Crippen LogP contribution in [0.25, 0.3) is 5.82 Å². The van der Waals surface area contributed by atoms with E-state index in [1.807, 2.05) is 12.1 Å². The van der Waals surface area contributed by atoms with Gasteiger partial charge in [-0.15, -0.1) is 0 Å². The first-order valence-corrected chi connectivity index (χ1v) is 6.55. The Hall–Kier alpha value is -2.63. The lowest BCUT2D eigenvalue weighted by Crippen LogP contribution is -2.01. The smallest absolute Gasteiger partial charge is 0.155 e. The highest BCUT2D eigenvalue weighted by Gasteiger charge is 2.00. The Morgan fingerprint density at radius 1 is 1.25 bits per heavy atom. The first-order chi connectivity index (χ1) is 9.85. The quantitative estimate of drug-likeness (QED) is 0.769. The van der Waals surface area contributed by atoms with E-state index in [1.54, 1.807) is 17.2 Å². The molecule has 3 heterocycles. The topological polar surface area (TPSA) is 60.6 Å². The molecule has 0 bridgehead atoms. The molecule has 0 aliphatic carbocycles. The maximum atomic E-state index is 4.35. The maximum Gasteiger partial charge on any atom is 0.155 e. The van der Waals surface area contributed by atoms with E-state index in [4.69, 9.17) is 0 Å². The van der Waals surface area contributed by atoms with Gasteiger partial charge in [-0.3, -0.25) is 0 Å². The van der Waals surface area contributed by atoms with Crippen molar-refractivity contribution < 1.29 is 0 Å². The predicted molar refractivity (Wildman–Crippen MR) is 76.6 cm³/mol. The highest BCUT2D eigenvalue weighted by atomic mass is 15.3. The first kappa shape index (κ1) is 12.4. The van der Waals surface area contributed by atoms with Gasteiger partial charge < -0.3 is 9.88 Å². The zero-order valence-corrected chi connectivity index (χ0v) is 11.3. The van der Waals surface area contributed by atoms with Gasteiger partial charge in [0, 0.05) is 25.5 Å². The molecule has 0 aliphatic heterocycles. The Morgan fingerprint density at radius 2 is 2.20 bits per heavy atom. The zero-order valence-electron chi connectivity index (χ0n) is 11.3. The second kappa shape index (κ2) is 5.56. The van der Waals surface area contributed by atoms with Gasteiger partial charge in [-0.05, 0) is 30.7 Å². The molecule has 3 aromatic rings. The van der Waals surface area contributed by atoms with E-state index in [9.17, 15) is 0 Å². The van der Waals surface area contributed by atoms with Crippen LogP contribution in [0.2, 0.25) is 0 Å². The first-order valence-electron chi connectivity index (χ1n) is 6.55. The van der Waals surface area contributed by atoms with Crippen LogP contribution in [-0.4, -0.2) is 24.3 Å². The number of pyridine rings is 1. The Kier molecular flexibility index (Phi) is 3.45. The van der Waals surface area contributed by atoms with Crippen LogP contribution in [0.4, 0.5) is 5.69 Å². The Morgan fingerprint density at radius 3 is 2.85 bits per heavy atom. The lowest BCUT2D eigenvalue weighted by Gasteiger charge is -2.05. The van der Waals surface area contributed by atoms with Gasteiger partial charge in [-0.2, -0.15) is 5.10 Å². The van der Waals surface area contributed by atoms with Crippen molar-refractivity contribution in [2.45, 2.75) is 20.0 Å². The molecule has 20 heavy (non-hydrogen) atoms. The molecular weight excluding hydrogens is 252 g/mol. The van der Waals surface area contributed by atoms with E-state index in [0.717, 1.165) is 24.6 Å². The molecule has 1 N–H and O–H groups in total. The Labute approximate surface area is 117 Å². The number of hydrogen-bond donors (Lipinski definition) is 1. The normalized spacial score (nSPS) is 10.7. The van der Waals surface area contributed by atoms with Gasteiger partial charge in [-0.1, -0.05) is 0 Å². The largest absolute Gasteiger partial charge is 0.380 e. The van der Waals surface area contributed by atoms with Gasteiger partial charge in [0.1, 0.15) is 12.7 Å². The zero-order chi connectivity index (χ0) is 13.8. The summed E-state index contributed by atoms with van der Waals surface area (Å²) in [5, 5.41) is 7.39. The summed E-state index contributed by atoms with van der Waals surface area (Å²) < 4.78 is 3.79. The van der Waals surface area contributed by atoms with Crippen LogP contribution >= 0.6 is 0 Å². The van der Waals surface area contributed by atoms with Gasteiger partial charge in [0.25, 0.3) is 0 Å². The molecule has 0 atom stereocenters. The summed E-state index contributed by atoms with van der Waals surface area (Å²) in [6.45, 7) is 3.91. The molecule has 6 heteroatoms. The lowest BCUT2D eigenvalue weighted by molar-refractivity contribution is 0.766. The molecular formula is C14H16N6. The molecule has 102 valence electrons. The Balaban J connectivity index is 1.63. The molecule has 0 fully saturated rings. The second-order valence-corrected chi connectivity index (χ2v) is 4.45. The number of rotatable bonds is 5. The van der Waals surface area contributed by atoms with Crippen LogP contribution < -0.4 is 5.32 Å². The number of anilines is 1. The molecule has 0 amide bonds. The number of aryl methyl sites for hydroxylation is 1. The van der Waals surface area contributed by atoms with Crippen LogP contribution in [0, 0.1) is 0 Å². The van der Waals surface area contributed by atoms with E-state index in [0.29, 0.717) is 0 Å². The van der Waals surface area contributed by atoms with Crippen molar-refractivity contribution in [3.63, 3.8) is 0 Å². The highest BCUT2D eigenvalue weighted by molar-refractivity contribution is 5.43. The van der Waals surface area contributed by atoms with Crippen LogP contribution in [0.5, 0.6) is 0 Å². The number of nitrogens with one attached hydrogen (secondary N) is 1. The van der Waals surface area contributed by atoms with Crippen molar-refractivity contribution in [1.82, 2.24) is 24.3 Å². The van der Waals surface area contributed by atoms with Crippen molar-refractivity contribution >= 4 is 5.69 Å². The summed E-state index contributed by atoms with van der Waals surface area (Å²) >= 11 is 0. The van der Waals surface area contributed by atoms with Crippen LogP contribution in [0.15, 0.2) is 49.4 Å². The molecule has 0 spiro atoms. The standard InChI is InChI=1S/C14H16N6/c1-2-19-6-5-12(9-19)7-16-13-3-4-14(17-8-13)20-11-15-10-18-20/h3-6,8-11,16H,2,7H2,1H3. The van der Waals surface area contributed by atoms with E-state index in [2.05, 4.69) is 50.3 Å². The number of hydrogen-bond acceptors (Lipinski definition) is 4. The minimum absolute atomic E-state index is 0.755. The summed E-state index contributed by atoms with van der Waals surface area (Å²) in [5.74, 6) is 0.755. The second-order valence-electron chi connectivity index (χ2n) is 4.45. The summed E-state index contributed by atoms with van der Waals surface area (Å²) in [6.07, 6.45) is 9.15. The number of nitrogens with zero attached hydrogens (tertiary/aromatic N) is 5. The van der Waals surface area contributed by atoms with Crippen LogP contribution in [0.1, 0.15) is 12.5 Å². The monoisotopic (exact) mass is 268 g/mol. The summed E-state index contributed by atoms with van der Waals surface area (Å²) in [6, 6.07) is 6.02. The third-order valence-electron chi connectivity index (χ3n) is 3.07. The summed E-state index contributed by atoms with van der Waals surface area (Å²) in [7, 11) is 0. The van der Waals surface area contributed by atoms with Gasteiger partial charge in [-0.25, -0.2) is 14.6 Å². The van der Waals surface area contributed by atoms with E-state index >= 15 is 0 Å². The molecule has 3 rings (SSSR count). The molecule has 0 radical (unpaired) electrons. The van der Waals surface area contributed by atoms with Crippen molar-refractivity contribution in [3.05, 3.63) is 55.0 Å². The fraction of sp³-hybridized carbons (Fsp3) is 0.214. The van der Waals surface area contributed by atoms with Gasteiger partial charge >= 0.3 is 0 Å². The molecule has 0 aliphatic rings. The summed E-state index contributed by atoms with van der Waals surface area (Å²) in [5.41, 5.74) is 2.24. The highest BCUT2D eigenvalue weighted by Crippen LogP contribution is 2.10. The Bertz CT molecular complexity index is 653. The van der Waals surface area contributed by atoms with Gasteiger partial charge in [0.2, 0.25) is 0 Å². The fourth-order valence-electron chi connectivity index (χ4n) is 1.95. The molecule has 3 aromatic heterocycles. The van der Waals surface area contributed by atoms with E-state index in [1.165, 1.54) is 11.9 Å². The van der Waals surface area contributed by atoms with Gasteiger partial charge in [0.05, 0.1) is 11.9 Å².